The van der Waals surface area contributed by atoms with Gasteiger partial charge in [-0.25, -0.2) is 0 Å². The first-order valence-electron chi connectivity index (χ1n) is 4.95. The Balaban J connectivity index is 2.15. The maximum absolute atomic E-state index is 5.58. The quantitative estimate of drug-likeness (QED) is 0.524. The third-order valence-corrected chi connectivity index (χ3v) is 2.99. The maximum Gasteiger partial charge on any atom is 0.114 e. The van der Waals surface area contributed by atoms with Crippen molar-refractivity contribution >= 4 is 11.8 Å². The molecule has 1 heterocycles. The van der Waals surface area contributed by atoms with Crippen molar-refractivity contribution < 1.29 is 4.42 Å². The Morgan fingerprint density at radius 2 is 2.21 bits per heavy atom. The molecule has 0 N–H and O–H groups in total. The van der Waals surface area contributed by atoms with Crippen molar-refractivity contribution in [1.82, 2.24) is 0 Å². The Hall–Kier alpha value is -0.810. The standard InChI is InChI=1S/C12H16OS/c1-3-5-6-9-14-10-12-8-7-11(4-2)13-12/h1,7-8H,4-6,9-10H2,2H3. The minimum absolute atomic E-state index is 0.880. The van der Waals surface area contributed by atoms with E-state index in [1.54, 1.807) is 0 Å². The molecule has 76 valence electrons. The van der Waals surface area contributed by atoms with E-state index in [2.05, 4.69) is 25.0 Å². The molecule has 0 saturated heterocycles. The Morgan fingerprint density at radius 3 is 2.86 bits per heavy atom. The Bertz CT molecular complexity index is 296. The zero-order valence-electron chi connectivity index (χ0n) is 8.58. The number of thioether (sulfide) groups is 1. The second-order valence-electron chi connectivity index (χ2n) is 3.08. The number of rotatable bonds is 6. The van der Waals surface area contributed by atoms with E-state index in [0.29, 0.717) is 0 Å². The zero-order chi connectivity index (χ0) is 10.2. The molecule has 2 heteroatoms. The lowest BCUT2D eigenvalue weighted by molar-refractivity contribution is 0.485. The third-order valence-electron chi connectivity index (χ3n) is 1.92. The normalized spacial score (nSPS) is 10.0. The third kappa shape index (κ3) is 3.93. The number of hydrogen-bond donors (Lipinski definition) is 0. The van der Waals surface area contributed by atoms with Gasteiger partial charge in [-0.3, -0.25) is 0 Å². The van der Waals surface area contributed by atoms with E-state index in [9.17, 15) is 0 Å². The number of hydrogen-bond acceptors (Lipinski definition) is 2. The molecule has 1 rings (SSSR count). The molecule has 0 radical (unpaired) electrons. The van der Waals surface area contributed by atoms with Gasteiger partial charge in [0.2, 0.25) is 0 Å². The summed E-state index contributed by atoms with van der Waals surface area (Å²) in [6, 6.07) is 4.12. The van der Waals surface area contributed by atoms with Crippen molar-refractivity contribution in [2.45, 2.75) is 31.9 Å². The summed E-state index contributed by atoms with van der Waals surface area (Å²) in [5.41, 5.74) is 0. The summed E-state index contributed by atoms with van der Waals surface area (Å²) >= 11 is 1.88. The summed E-state index contributed by atoms with van der Waals surface area (Å²) in [6.07, 6.45) is 8.12. The molecule has 0 aromatic carbocycles. The lowest BCUT2D eigenvalue weighted by atomic mass is 10.4. The van der Waals surface area contributed by atoms with E-state index in [-0.39, 0.29) is 0 Å². The predicted molar refractivity (Wildman–Crippen MR) is 62.3 cm³/mol. The van der Waals surface area contributed by atoms with E-state index in [1.165, 1.54) is 0 Å². The van der Waals surface area contributed by atoms with Gasteiger partial charge in [0.25, 0.3) is 0 Å². The van der Waals surface area contributed by atoms with Gasteiger partial charge in [-0.05, 0) is 24.3 Å². The van der Waals surface area contributed by atoms with Crippen LogP contribution in [0.25, 0.3) is 0 Å². The first kappa shape index (κ1) is 11.3. The van der Waals surface area contributed by atoms with Gasteiger partial charge in [0.05, 0.1) is 5.75 Å². The van der Waals surface area contributed by atoms with Crippen LogP contribution in [0.3, 0.4) is 0 Å². The monoisotopic (exact) mass is 208 g/mol. The smallest absolute Gasteiger partial charge is 0.114 e. The predicted octanol–water partition coefficient (Wildman–Crippen LogP) is 3.49. The van der Waals surface area contributed by atoms with Crippen molar-refractivity contribution in [2.75, 3.05) is 5.75 Å². The van der Waals surface area contributed by atoms with Gasteiger partial charge < -0.3 is 4.42 Å². The molecule has 0 aliphatic carbocycles. The van der Waals surface area contributed by atoms with Gasteiger partial charge in [-0.2, -0.15) is 11.8 Å². The van der Waals surface area contributed by atoms with Crippen LogP contribution in [0, 0.1) is 12.3 Å². The molecule has 14 heavy (non-hydrogen) atoms. The fourth-order valence-electron chi connectivity index (χ4n) is 1.14. The number of terminal acetylenes is 1. The van der Waals surface area contributed by atoms with Gasteiger partial charge in [-0.15, -0.1) is 12.3 Å². The lowest BCUT2D eigenvalue weighted by Crippen LogP contribution is -1.81. The first-order chi connectivity index (χ1) is 6.86. The number of unbranched alkanes of at least 4 members (excludes halogenated alkanes) is 1. The first-order valence-corrected chi connectivity index (χ1v) is 6.11. The van der Waals surface area contributed by atoms with Gasteiger partial charge in [0.1, 0.15) is 11.5 Å². The molecule has 0 saturated carbocycles. The van der Waals surface area contributed by atoms with E-state index in [0.717, 1.165) is 42.3 Å². The van der Waals surface area contributed by atoms with Crippen molar-refractivity contribution in [1.29, 1.82) is 0 Å². The van der Waals surface area contributed by atoms with Gasteiger partial charge >= 0.3 is 0 Å². The second-order valence-corrected chi connectivity index (χ2v) is 4.19. The second kappa shape index (κ2) is 6.62. The SMILES string of the molecule is C#CCCCSCc1ccc(CC)o1. The van der Waals surface area contributed by atoms with Crippen molar-refractivity contribution in [3.8, 4) is 12.3 Å². The van der Waals surface area contributed by atoms with Crippen LogP contribution in [0.1, 0.15) is 31.3 Å². The van der Waals surface area contributed by atoms with Crippen LogP contribution >= 0.6 is 11.8 Å². The minimum atomic E-state index is 0.880. The number of furan rings is 1. The highest BCUT2D eigenvalue weighted by Crippen LogP contribution is 2.16. The fraction of sp³-hybridized carbons (Fsp3) is 0.500. The maximum atomic E-state index is 5.58. The summed E-state index contributed by atoms with van der Waals surface area (Å²) in [5.74, 6) is 6.87. The molecule has 1 nitrogen and oxygen atoms in total. The summed E-state index contributed by atoms with van der Waals surface area (Å²) < 4.78 is 5.58. The molecule has 1 aromatic rings. The topological polar surface area (TPSA) is 13.1 Å². The van der Waals surface area contributed by atoms with E-state index < -0.39 is 0 Å². The summed E-state index contributed by atoms with van der Waals surface area (Å²) in [6.45, 7) is 2.10. The molecular weight excluding hydrogens is 192 g/mol. The Morgan fingerprint density at radius 1 is 1.43 bits per heavy atom. The van der Waals surface area contributed by atoms with Crippen molar-refractivity contribution in [3.63, 3.8) is 0 Å². The van der Waals surface area contributed by atoms with Crippen LogP contribution in [0.2, 0.25) is 0 Å². The van der Waals surface area contributed by atoms with Gasteiger partial charge in [-0.1, -0.05) is 6.92 Å². The molecule has 0 aliphatic rings. The van der Waals surface area contributed by atoms with Crippen LogP contribution in [0.5, 0.6) is 0 Å². The van der Waals surface area contributed by atoms with Gasteiger partial charge in [0.15, 0.2) is 0 Å². The molecule has 0 atom stereocenters. The summed E-state index contributed by atoms with van der Waals surface area (Å²) in [5, 5.41) is 0. The Kier molecular flexibility index (Phi) is 5.32. The Labute approximate surface area is 90.3 Å². The average Bonchev–Trinajstić information content (AvgIpc) is 2.65. The molecular formula is C12H16OS. The van der Waals surface area contributed by atoms with Gasteiger partial charge in [0, 0.05) is 12.8 Å². The minimum Gasteiger partial charge on any atom is -0.465 e. The molecule has 0 aliphatic heterocycles. The molecule has 0 spiro atoms. The molecule has 0 unspecified atom stereocenters. The average molecular weight is 208 g/mol. The van der Waals surface area contributed by atoms with Crippen molar-refractivity contribution in [2.24, 2.45) is 0 Å². The number of aryl methyl sites for hydroxylation is 1. The molecule has 0 bridgehead atoms. The van der Waals surface area contributed by atoms with Crippen LogP contribution in [0.4, 0.5) is 0 Å². The van der Waals surface area contributed by atoms with Crippen molar-refractivity contribution in [3.05, 3.63) is 23.7 Å². The fourth-order valence-corrected chi connectivity index (χ4v) is 1.99. The zero-order valence-corrected chi connectivity index (χ0v) is 9.40. The highest BCUT2D eigenvalue weighted by molar-refractivity contribution is 7.98. The van der Waals surface area contributed by atoms with E-state index in [1.807, 2.05) is 11.8 Å². The molecule has 1 aromatic heterocycles. The lowest BCUT2D eigenvalue weighted by Gasteiger charge is -1.96. The summed E-state index contributed by atoms with van der Waals surface area (Å²) in [7, 11) is 0. The summed E-state index contributed by atoms with van der Waals surface area (Å²) in [4.78, 5) is 0. The van der Waals surface area contributed by atoms with Crippen LogP contribution < -0.4 is 0 Å². The van der Waals surface area contributed by atoms with E-state index in [4.69, 9.17) is 10.8 Å². The van der Waals surface area contributed by atoms with Crippen LogP contribution in [0.15, 0.2) is 16.5 Å². The van der Waals surface area contributed by atoms with Crippen LogP contribution in [-0.2, 0) is 12.2 Å². The molecule has 0 fully saturated rings. The highest BCUT2D eigenvalue weighted by Gasteiger charge is 1.99. The van der Waals surface area contributed by atoms with Crippen LogP contribution in [-0.4, -0.2) is 5.75 Å². The highest BCUT2D eigenvalue weighted by atomic mass is 32.2. The largest absolute Gasteiger partial charge is 0.465 e. The van der Waals surface area contributed by atoms with E-state index >= 15 is 0 Å². The molecule has 0 amide bonds.